The molecule has 1 aromatic rings. The molecule has 0 bridgehead atoms. The zero-order chi connectivity index (χ0) is 15.5. The highest BCUT2D eigenvalue weighted by Crippen LogP contribution is 2.05. The molecule has 0 radical (unpaired) electrons. The van der Waals surface area contributed by atoms with Crippen LogP contribution in [-0.2, 0) is 0 Å². The summed E-state index contributed by atoms with van der Waals surface area (Å²) in [5.41, 5.74) is -0.0372. The molecule has 0 heterocycles. The molecule has 0 saturated heterocycles. The summed E-state index contributed by atoms with van der Waals surface area (Å²) in [5.74, 6) is -1.79. The number of carbonyl (C=O) groups is 2. The average Bonchev–Trinajstić information content (AvgIpc) is 2.40. The second-order valence-electron chi connectivity index (χ2n) is 4.32. The van der Waals surface area contributed by atoms with E-state index in [2.05, 4.69) is 0 Å². The maximum atomic E-state index is 10.4. The van der Waals surface area contributed by atoms with Crippen molar-refractivity contribution in [2.24, 2.45) is 5.92 Å². The second kappa shape index (κ2) is 9.94. The van der Waals surface area contributed by atoms with E-state index in [0.29, 0.717) is 5.92 Å². The van der Waals surface area contributed by atoms with Crippen LogP contribution >= 0.6 is 0 Å². The van der Waals surface area contributed by atoms with Crippen LogP contribution in [0.4, 0.5) is 0 Å². The number of hydrogen-bond acceptors (Lipinski definition) is 4. The van der Waals surface area contributed by atoms with E-state index in [-0.39, 0.29) is 24.3 Å². The molecule has 1 aromatic carbocycles. The van der Waals surface area contributed by atoms with Crippen LogP contribution in [0.2, 0.25) is 0 Å². The van der Waals surface area contributed by atoms with Crippen molar-refractivity contribution in [2.45, 2.75) is 19.8 Å². The van der Waals surface area contributed by atoms with Crippen LogP contribution in [0.1, 0.15) is 40.5 Å². The third kappa shape index (κ3) is 7.50. The largest absolute Gasteiger partial charge is 0.478 e. The van der Waals surface area contributed by atoms with Crippen LogP contribution in [0.25, 0.3) is 0 Å². The summed E-state index contributed by atoms with van der Waals surface area (Å²) < 4.78 is 0. The smallest absolute Gasteiger partial charge is 0.335 e. The van der Waals surface area contributed by atoms with Crippen LogP contribution in [0, 0.1) is 5.92 Å². The molecule has 6 heteroatoms. The number of carboxylic acids is 2. The first kappa shape index (κ1) is 18.1. The Morgan fingerprint density at radius 3 is 1.70 bits per heavy atom. The van der Waals surface area contributed by atoms with Gasteiger partial charge in [0.2, 0.25) is 0 Å². The normalized spacial score (nSPS) is 9.80. The summed E-state index contributed by atoms with van der Waals surface area (Å²) in [6, 6.07) is 5.20. The predicted molar refractivity (Wildman–Crippen MR) is 72.9 cm³/mol. The van der Waals surface area contributed by atoms with Crippen molar-refractivity contribution >= 4 is 11.9 Å². The molecule has 1 rings (SSSR count). The quantitative estimate of drug-likeness (QED) is 0.629. The maximum Gasteiger partial charge on any atom is 0.335 e. The summed E-state index contributed by atoms with van der Waals surface area (Å²) in [5, 5.41) is 33.8. The number of benzene rings is 1. The molecule has 4 N–H and O–H groups in total. The first-order valence-electron chi connectivity index (χ1n) is 6.20. The van der Waals surface area contributed by atoms with Crippen LogP contribution in [-0.4, -0.2) is 45.6 Å². The van der Waals surface area contributed by atoms with Crippen LogP contribution in [0.3, 0.4) is 0 Å². The Morgan fingerprint density at radius 1 is 1.00 bits per heavy atom. The first-order chi connectivity index (χ1) is 9.42. The number of rotatable bonds is 6. The van der Waals surface area contributed by atoms with Gasteiger partial charge in [0, 0.05) is 13.2 Å². The minimum Gasteiger partial charge on any atom is -0.478 e. The molecule has 0 aliphatic rings. The average molecular weight is 284 g/mol. The van der Waals surface area contributed by atoms with Gasteiger partial charge in [-0.15, -0.1) is 0 Å². The Morgan fingerprint density at radius 2 is 1.40 bits per heavy atom. The molecule has 0 spiro atoms. The van der Waals surface area contributed by atoms with Crippen molar-refractivity contribution in [1.29, 1.82) is 0 Å². The van der Waals surface area contributed by atoms with Gasteiger partial charge < -0.3 is 20.4 Å². The fourth-order valence-electron chi connectivity index (χ4n) is 1.37. The third-order valence-corrected chi connectivity index (χ3v) is 2.60. The van der Waals surface area contributed by atoms with E-state index in [1.807, 2.05) is 6.92 Å². The maximum absolute atomic E-state index is 10.4. The van der Waals surface area contributed by atoms with Gasteiger partial charge in [0.1, 0.15) is 0 Å². The molecule has 0 unspecified atom stereocenters. The van der Waals surface area contributed by atoms with E-state index in [1.165, 1.54) is 18.2 Å². The van der Waals surface area contributed by atoms with Gasteiger partial charge in [-0.25, -0.2) is 9.59 Å². The van der Waals surface area contributed by atoms with Crippen molar-refractivity contribution in [3.8, 4) is 0 Å². The van der Waals surface area contributed by atoms with Gasteiger partial charge in [-0.1, -0.05) is 13.0 Å². The topological polar surface area (TPSA) is 115 Å². The van der Waals surface area contributed by atoms with Crippen molar-refractivity contribution in [3.63, 3.8) is 0 Å². The van der Waals surface area contributed by atoms with Gasteiger partial charge in [0.25, 0.3) is 0 Å². The Labute approximate surface area is 117 Å². The van der Waals surface area contributed by atoms with Gasteiger partial charge in [-0.05, 0) is 37.0 Å². The molecular weight excluding hydrogens is 264 g/mol. The lowest BCUT2D eigenvalue weighted by Crippen LogP contribution is -2.01. The standard InChI is InChI=1S/C8H6O4.C6H14O2/c9-7(10)5-2-1-3-6(4-5)8(11)12;1-6(2-4-7)3-5-8/h1-4H,(H,9,10)(H,11,12);6-8H,2-5H2,1H3. The first-order valence-corrected chi connectivity index (χ1v) is 6.20. The molecule has 0 saturated carbocycles. The molecule has 0 aliphatic carbocycles. The van der Waals surface area contributed by atoms with E-state index < -0.39 is 11.9 Å². The molecule has 0 fully saturated rings. The zero-order valence-electron chi connectivity index (χ0n) is 11.3. The van der Waals surface area contributed by atoms with E-state index in [9.17, 15) is 9.59 Å². The van der Waals surface area contributed by atoms with Crippen LogP contribution in [0.15, 0.2) is 24.3 Å². The van der Waals surface area contributed by atoms with E-state index >= 15 is 0 Å². The van der Waals surface area contributed by atoms with Crippen LogP contribution < -0.4 is 0 Å². The summed E-state index contributed by atoms with van der Waals surface area (Å²) in [7, 11) is 0. The number of aliphatic hydroxyl groups is 2. The Hall–Kier alpha value is -1.92. The van der Waals surface area contributed by atoms with E-state index in [1.54, 1.807) is 0 Å². The van der Waals surface area contributed by atoms with Crippen molar-refractivity contribution < 1.29 is 30.0 Å². The number of aromatic carboxylic acids is 2. The summed E-state index contributed by atoms with van der Waals surface area (Å²) in [4.78, 5) is 20.8. The predicted octanol–water partition coefficient (Wildman–Crippen LogP) is 1.47. The van der Waals surface area contributed by atoms with Gasteiger partial charge >= 0.3 is 11.9 Å². The monoisotopic (exact) mass is 284 g/mol. The third-order valence-electron chi connectivity index (χ3n) is 2.60. The van der Waals surface area contributed by atoms with Gasteiger partial charge in [0.15, 0.2) is 0 Å². The Bertz CT molecular complexity index is 394. The molecule has 0 aliphatic heterocycles. The van der Waals surface area contributed by atoms with Crippen LogP contribution in [0.5, 0.6) is 0 Å². The highest BCUT2D eigenvalue weighted by Gasteiger charge is 2.06. The number of aliphatic hydroxyl groups excluding tert-OH is 2. The highest BCUT2D eigenvalue weighted by atomic mass is 16.4. The molecule has 0 amide bonds. The zero-order valence-corrected chi connectivity index (χ0v) is 11.3. The Balaban J connectivity index is 0.000000396. The SMILES string of the molecule is CC(CCO)CCO.O=C(O)c1cccc(C(=O)O)c1. The second-order valence-corrected chi connectivity index (χ2v) is 4.32. The molecule has 112 valence electrons. The molecule has 20 heavy (non-hydrogen) atoms. The van der Waals surface area contributed by atoms with E-state index in [0.717, 1.165) is 18.9 Å². The summed E-state index contributed by atoms with van der Waals surface area (Å²) in [6.07, 6.45) is 1.61. The highest BCUT2D eigenvalue weighted by molar-refractivity contribution is 5.93. The number of carboxylic acid groups (broad SMARTS) is 2. The lowest BCUT2D eigenvalue weighted by Gasteiger charge is -2.04. The fourth-order valence-corrected chi connectivity index (χ4v) is 1.37. The molecular formula is C14H20O6. The van der Waals surface area contributed by atoms with Gasteiger partial charge in [-0.2, -0.15) is 0 Å². The molecule has 0 atom stereocenters. The van der Waals surface area contributed by atoms with Gasteiger partial charge in [-0.3, -0.25) is 0 Å². The summed E-state index contributed by atoms with van der Waals surface area (Å²) >= 11 is 0. The Kier molecular flexibility index (Phi) is 8.98. The van der Waals surface area contributed by atoms with Crippen molar-refractivity contribution in [3.05, 3.63) is 35.4 Å². The molecule has 0 aromatic heterocycles. The lowest BCUT2D eigenvalue weighted by molar-refractivity contribution is 0.0696. The van der Waals surface area contributed by atoms with E-state index in [4.69, 9.17) is 20.4 Å². The van der Waals surface area contributed by atoms with Crippen molar-refractivity contribution in [1.82, 2.24) is 0 Å². The fraction of sp³-hybridized carbons (Fsp3) is 0.429. The summed E-state index contributed by atoms with van der Waals surface area (Å²) in [6.45, 7) is 2.49. The molecule has 6 nitrogen and oxygen atoms in total. The van der Waals surface area contributed by atoms with Gasteiger partial charge in [0.05, 0.1) is 11.1 Å². The minimum atomic E-state index is -1.13. The lowest BCUT2D eigenvalue weighted by atomic mass is 10.1. The number of hydrogen-bond donors (Lipinski definition) is 4. The van der Waals surface area contributed by atoms with Crippen molar-refractivity contribution in [2.75, 3.05) is 13.2 Å². The minimum absolute atomic E-state index is 0.0186.